The number of aryl methyl sites for hydroxylation is 2. The van der Waals surface area contributed by atoms with Crippen molar-refractivity contribution in [2.75, 3.05) is 0 Å². The summed E-state index contributed by atoms with van der Waals surface area (Å²) in [5.41, 5.74) is 3.29. The van der Waals surface area contributed by atoms with Crippen LogP contribution in [0, 0.1) is 13.8 Å². The molecule has 0 unspecified atom stereocenters. The third-order valence-corrected chi connectivity index (χ3v) is 1.32. The van der Waals surface area contributed by atoms with Crippen LogP contribution in [0.5, 0.6) is 0 Å². The van der Waals surface area contributed by atoms with E-state index in [1.165, 1.54) is 0 Å². The topological polar surface area (TPSA) is 83.3 Å². The predicted molar refractivity (Wildman–Crippen MR) is 42.4 cm³/mol. The summed E-state index contributed by atoms with van der Waals surface area (Å²) in [6.45, 7) is 3.63. The molecule has 0 saturated heterocycles. The summed E-state index contributed by atoms with van der Waals surface area (Å²) in [5.74, 6) is 0.222. The highest BCUT2D eigenvalue weighted by Gasteiger charge is 1.97. The highest BCUT2D eigenvalue weighted by molar-refractivity contribution is 5.56. The van der Waals surface area contributed by atoms with E-state index in [0.717, 1.165) is 17.7 Å². The second kappa shape index (κ2) is 3.72. The molecule has 0 bridgehead atoms. The quantitative estimate of drug-likeness (QED) is 0.371. The van der Waals surface area contributed by atoms with Gasteiger partial charge in [-0.15, -0.1) is 5.10 Å². The first-order chi connectivity index (χ1) is 5.74. The van der Waals surface area contributed by atoms with Crippen molar-refractivity contribution in [2.24, 2.45) is 4.99 Å². The number of hydroxylamine groups is 1. The van der Waals surface area contributed by atoms with Crippen LogP contribution in [-0.4, -0.2) is 26.7 Å². The highest BCUT2D eigenvalue weighted by Crippen LogP contribution is 2.03. The second-order valence-corrected chi connectivity index (χ2v) is 2.17. The van der Waals surface area contributed by atoms with E-state index in [1.807, 2.05) is 13.8 Å². The number of rotatable bonds is 2. The van der Waals surface area contributed by atoms with Gasteiger partial charge in [0, 0.05) is 0 Å². The van der Waals surface area contributed by atoms with Crippen LogP contribution in [0.1, 0.15) is 11.4 Å². The van der Waals surface area contributed by atoms with Crippen molar-refractivity contribution in [2.45, 2.75) is 13.8 Å². The lowest BCUT2D eigenvalue weighted by Crippen LogP contribution is -2.02. The predicted octanol–water partition coefficient (Wildman–Crippen LogP) is 0.127. The average molecular weight is 167 g/mol. The summed E-state index contributed by atoms with van der Waals surface area (Å²) in [7, 11) is 0. The summed E-state index contributed by atoms with van der Waals surface area (Å²) in [6, 6.07) is 0. The summed E-state index contributed by atoms with van der Waals surface area (Å²) >= 11 is 0. The number of hydrogen-bond acceptors (Lipinski definition) is 5. The fourth-order valence-electron chi connectivity index (χ4n) is 0.587. The molecular weight excluding hydrogens is 158 g/mol. The first-order valence-electron chi connectivity index (χ1n) is 3.34. The molecule has 0 spiro atoms. The molecule has 0 amide bonds. The molecule has 0 saturated carbocycles. The van der Waals surface area contributed by atoms with Gasteiger partial charge in [-0.2, -0.15) is 10.1 Å². The molecule has 6 heteroatoms. The molecule has 64 valence electrons. The fourth-order valence-corrected chi connectivity index (χ4v) is 0.587. The van der Waals surface area contributed by atoms with Crippen LogP contribution in [0.15, 0.2) is 4.99 Å². The molecule has 0 aliphatic heterocycles. The van der Waals surface area contributed by atoms with Crippen molar-refractivity contribution >= 4 is 12.3 Å². The molecule has 12 heavy (non-hydrogen) atoms. The Balaban J connectivity index is 2.89. The van der Waals surface area contributed by atoms with E-state index in [4.69, 9.17) is 5.21 Å². The third-order valence-electron chi connectivity index (χ3n) is 1.32. The zero-order valence-corrected chi connectivity index (χ0v) is 6.81. The number of nitrogens with one attached hydrogen (secondary N) is 1. The lowest BCUT2D eigenvalue weighted by atomic mass is 10.4. The third kappa shape index (κ3) is 1.96. The molecule has 1 rings (SSSR count). The molecule has 0 aliphatic carbocycles. The van der Waals surface area contributed by atoms with Crippen LogP contribution in [-0.2, 0) is 0 Å². The van der Waals surface area contributed by atoms with Crippen LogP contribution in [0.2, 0.25) is 0 Å². The summed E-state index contributed by atoms with van der Waals surface area (Å²) in [6.07, 6.45) is 1.08. The van der Waals surface area contributed by atoms with E-state index in [9.17, 15) is 0 Å². The Hall–Kier alpha value is -1.56. The first kappa shape index (κ1) is 8.54. The lowest BCUT2D eigenvalue weighted by molar-refractivity contribution is 0.240. The van der Waals surface area contributed by atoms with E-state index in [-0.39, 0.29) is 5.95 Å². The Labute approximate surface area is 69.3 Å². The zero-order valence-electron chi connectivity index (χ0n) is 6.81. The normalized spacial score (nSPS) is 10.6. The molecule has 1 aromatic heterocycles. The van der Waals surface area contributed by atoms with Gasteiger partial charge in [-0.25, -0.2) is 4.98 Å². The number of aliphatic imine (C=N–C) groups is 1. The van der Waals surface area contributed by atoms with Crippen molar-refractivity contribution in [3.63, 3.8) is 0 Å². The second-order valence-electron chi connectivity index (χ2n) is 2.17. The van der Waals surface area contributed by atoms with Gasteiger partial charge in [0.25, 0.3) is 5.95 Å². The summed E-state index contributed by atoms with van der Waals surface area (Å²) in [5, 5.41) is 15.6. The highest BCUT2D eigenvalue weighted by atomic mass is 16.5. The number of nitrogens with zero attached hydrogens (tertiary/aromatic N) is 4. The molecule has 0 aromatic carbocycles. The van der Waals surface area contributed by atoms with Crippen molar-refractivity contribution in [3.05, 3.63) is 11.4 Å². The van der Waals surface area contributed by atoms with Crippen LogP contribution < -0.4 is 5.48 Å². The molecule has 0 aliphatic rings. The van der Waals surface area contributed by atoms with Gasteiger partial charge in [0.05, 0.1) is 11.4 Å². The fraction of sp³-hybridized carbons (Fsp3) is 0.333. The van der Waals surface area contributed by atoms with Gasteiger partial charge in [0.15, 0.2) is 0 Å². The van der Waals surface area contributed by atoms with E-state index in [1.54, 1.807) is 5.48 Å². The molecule has 1 heterocycles. The van der Waals surface area contributed by atoms with Crippen LogP contribution in [0.3, 0.4) is 0 Å². The molecule has 0 radical (unpaired) electrons. The largest absolute Gasteiger partial charge is 0.290 e. The summed E-state index contributed by atoms with van der Waals surface area (Å²) in [4.78, 5) is 7.64. The van der Waals surface area contributed by atoms with Crippen molar-refractivity contribution in [1.29, 1.82) is 0 Å². The number of hydrogen-bond donors (Lipinski definition) is 2. The van der Waals surface area contributed by atoms with Gasteiger partial charge in [-0.3, -0.25) is 10.7 Å². The Morgan fingerprint density at radius 3 is 2.67 bits per heavy atom. The van der Waals surface area contributed by atoms with Crippen molar-refractivity contribution in [3.8, 4) is 0 Å². The Bertz CT molecular complexity index is 298. The van der Waals surface area contributed by atoms with E-state index in [2.05, 4.69) is 20.2 Å². The average Bonchev–Trinajstić information content (AvgIpc) is 2.07. The minimum Gasteiger partial charge on any atom is -0.290 e. The maximum absolute atomic E-state index is 8.18. The van der Waals surface area contributed by atoms with Gasteiger partial charge in [0.1, 0.15) is 6.34 Å². The molecule has 0 fully saturated rings. The Morgan fingerprint density at radius 2 is 2.08 bits per heavy atom. The van der Waals surface area contributed by atoms with E-state index < -0.39 is 0 Å². The minimum absolute atomic E-state index is 0.222. The lowest BCUT2D eigenvalue weighted by Gasteiger charge is -1.95. The monoisotopic (exact) mass is 167 g/mol. The zero-order chi connectivity index (χ0) is 8.97. The van der Waals surface area contributed by atoms with Crippen LogP contribution in [0.25, 0.3) is 0 Å². The first-order valence-corrected chi connectivity index (χ1v) is 3.34. The smallest absolute Gasteiger partial charge is 0.270 e. The van der Waals surface area contributed by atoms with Gasteiger partial charge < -0.3 is 0 Å². The summed E-state index contributed by atoms with van der Waals surface area (Å²) < 4.78 is 0. The number of aromatic nitrogens is 3. The van der Waals surface area contributed by atoms with Crippen molar-refractivity contribution < 1.29 is 5.21 Å². The van der Waals surface area contributed by atoms with Gasteiger partial charge in [0.2, 0.25) is 0 Å². The maximum atomic E-state index is 8.18. The van der Waals surface area contributed by atoms with E-state index >= 15 is 0 Å². The molecule has 0 atom stereocenters. The van der Waals surface area contributed by atoms with Gasteiger partial charge >= 0.3 is 0 Å². The molecule has 6 nitrogen and oxygen atoms in total. The Morgan fingerprint density at radius 1 is 1.33 bits per heavy atom. The van der Waals surface area contributed by atoms with Gasteiger partial charge in [-0.1, -0.05) is 0 Å². The van der Waals surface area contributed by atoms with E-state index in [0.29, 0.717) is 0 Å². The van der Waals surface area contributed by atoms with Gasteiger partial charge in [-0.05, 0) is 13.8 Å². The molecule has 2 N–H and O–H groups in total. The minimum atomic E-state index is 0.222. The molecule has 1 aromatic rings. The Kier molecular flexibility index (Phi) is 2.65. The van der Waals surface area contributed by atoms with Crippen molar-refractivity contribution in [1.82, 2.24) is 20.7 Å². The standard InChI is InChI=1S/C6H9N5O/c1-4-5(2)10-11-6(9-4)7-3-8-12/h3,12H,1-2H3,(H,7,8,9,11). The van der Waals surface area contributed by atoms with Crippen LogP contribution >= 0.6 is 0 Å². The SMILES string of the molecule is Cc1nnc(/N=C\NO)nc1C. The molecular formula is C6H9N5O. The maximum Gasteiger partial charge on any atom is 0.270 e. The van der Waals surface area contributed by atoms with Crippen LogP contribution in [0.4, 0.5) is 5.95 Å².